The van der Waals surface area contributed by atoms with Crippen molar-refractivity contribution >= 4 is 66.6 Å². The molecule has 2 aromatic rings. The molecule has 0 unspecified atom stereocenters. The van der Waals surface area contributed by atoms with Crippen LogP contribution >= 0.6 is 54.5 Å². The van der Waals surface area contributed by atoms with E-state index in [1.807, 2.05) is 58.7 Å². The maximum absolute atomic E-state index is 3.29. The van der Waals surface area contributed by atoms with Crippen molar-refractivity contribution in [2.75, 3.05) is 0 Å². The lowest BCUT2D eigenvalue weighted by atomic mass is 10.2. The fraction of sp³-hybridized carbons (Fsp3) is 0. The van der Waals surface area contributed by atoms with E-state index in [4.69, 9.17) is 0 Å². The highest BCUT2D eigenvalue weighted by atomic mass is 127. The molecule has 19 heavy (non-hydrogen) atoms. The number of hydrogen-bond acceptors (Lipinski definition) is 0. The van der Waals surface area contributed by atoms with Crippen LogP contribution in [0.15, 0.2) is 68.1 Å². The zero-order valence-electron chi connectivity index (χ0n) is 10.1. The van der Waals surface area contributed by atoms with Gasteiger partial charge in [-0.25, -0.2) is 0 Å². The summed E-state index contributed by atoms with van der Waals surface area (Å²) in [4.78, 5) is 0. The first-order chi connectivity index (χ1) is 9.22. The highest BCUT2D eigenvalue weighted by Crippen LogP contribution is 2.17. The molecule has 2 aromatic carbocycles. The van der Waals surface area contributed by atoms with Gasteiger partial charge < -0.3 is 0 Å². The van der Waals surface area contributed by atoms with E-state index in [-0.39, 0.29) is 0 Å². The summed E-state index contributed by atoms with van der Waals surface area (Å²) in [6.07, 6.45) is 4.07. The molecule has 2 rings (SSSR count). The predicted octanol–water partition coefficient (Wildman–Crippen LogP) is 6.87. The highest BCUT2D eigenvalue weighted by molar-refractivity contribution is 14.1. The van der Waals surface area contributed by atoms with E-state index in [0.717, 1.165) is 3.39 Å². The Morgan fingerprint density at radius 2 is 1.26 bits per heavy atom. The maximum atomic E-state index is 3.29. The topological polar surface area (TPSA) is 0 Å². The lowest BCUT2D eigenvalue weighted by molar-refractivity contribution is 1.66. The fourth-order valence-corrected chi connectivity index (χ4v) is 2.26. The Morgan fingerprint density at radius 1 is 0.789 bits per heavy atom. The normalized spacial score (nSPS) is 9.63. The van der Waals surface area contributed by atoms with E-state index in [1.54, 1.807) is 0 Å². The molecule has 0 N–H and O–H groups in total. The van der Waals surface area contributed by atoms with Gasteiger partial charge in [-0.05, 0) is 59.2 Å². The number of benzene rings is 2. The molecule has 0 aliphatic carbocycles. The SMILES string of the molecule is BrC(Br)=Cc1ccccc1.IC=Cc1ccccc1. The molecular weight excluding hydrogens is 479 g/mol. The van der Waals surface area contributed by atoms with E-state index >= 15 is 0 Å². The molecular formula is C16H13Br2I. The zero-order valence-corrected chi connectivity index (χ0v) is 15.5. The highest BCUT2D eigenvalue weighted by Gasteiger charge is 1.84. The molecule has 0 amide bonds. The summed E-state index contributed by atoms with van der Waals surface area (Å²) < 4.78 is 2.97. The molecule has 0 radical (unpaired) electrons. The van der Waals surface area contributed by atoms with E-state index in [1.165, 1.54) is 11.1 Å². The Balaban J connectivity index is 0.000000191. The summed E-state index contributed by atoms with van der Waals surface area (Å²) in [6, 6.07) is 20.3. The van der Waals surface area contributed by atoms with Crippen LogP contribution in [0.25, 0.3) is 12.2 Å². The summed E-state index contributed by atoms with van der Waals surface area (Å²) >= 11 is 8.79. The second-order valence-electron chi connectivity index (χ2n) is 3.55. The number of hydrogen-bond donors (Lipinski definition) is 0. The van der Waals surface area contributed by atoms with Crippen LogP contribution < -0.4 is 0 Å². The first kappa shape index (κ1) is 16.7. The van der Waals surface area contributed by atoms with Gasteiger partial charge in [-0.15, -0.1) is 0 Å². The first-order valence-electron chi connectivity index (χ1n) is 5.62. The van der Waals surface area contributed by atoms with Crippen LogP contribution in [-0.4, -0.2) is 0 Å². The van der Waals surface area contributed by atoms with Crippen LogP contribution in [0.5, 0.6) is 0 Å². The van der Waals surface area contributed by atoms with E-state index in [2.05, 4.69) is 72.7 Å². The van der Waals surface area contributed by atoms with Gasteiger partial charge in [0.05, 0.1) is 3.39 Å². The van der Waals surface area contributed by atoms with Gasteiger partial charge in [0.25, 0.3) is 0 Å². The van der Waals surface area contributed by atoms with Gasteiger partial charge in [0.2, 0.25) is 0 Å². The third-order valence-corrected chi connectivity index (χ3v) is 2.95. The molecule has 0 nitrogen and oxygen atoms in total. The van der Waals surface area contributed by atoms with Crippen molar-refractivity contribution in [3.8, 4) is 0 Å². The first-order valence-corrected chi connectivity index (χ1v) is 8.45. The van der Waals surface area contributed by atoms with Crippen molar-refractivity contribution in [1.29, 1.82) is 0 Å². The molecule has 0 heterocycles. The van der Waals surface area contributed by atoms with Crippen molar-refractivity contribution in [3.63, 3.8) is 0 Å². The molecule has 98 valence electrons. The minimum Gasteiger partial charge on any atom is -0.0622 e. The van der Waals surface area contributed by atoms with Gasteiger partial charge in [0.1, 0.15) is 0 Å². The molecule has 0 saturated heterocycles. The Kier molecular flexibility index (Phi) is 9.12. The van der Waals surface area contributed by atoms with Crippen LogP contribution in [0.4, 0.5) is 0 Å². The van der Waals surface area contributed by atoms with Gasteiger partial charge in [-0.3, -0.25) is 0 Å². The standard InChI is InChI=1S/C8H6Br2.C8H7I/c9-8(10)6-7-4-2-1-3-5-7;9-7-6-8-4-2-1-3-5-8/h1-6H;1-7H. The molecule has 0 fully saturated rings. The third kappa shape index (κ3) is 8.39. The fourth-order valence-electron chi connectivity index (χ4n) is 1.31. The van der Waals surface area contributed by atoms with Crippen LogP contribution in [0, 0.1) is 0 Å². The van der Waals surface area contributed by atoms with E-state index in [0.29, 0.717) is 0 Å². The monoisotopic (exact) mass is 490 g/mol. The number of halogens is 3. The minimum absolute atomic E-state index is 0.964. The summed E-state index contributed by atoms with van der Waals surface area (Å²) in [5.41, 5.74) is 2.44. The molecule has 0 saturated carbocycles. The van der Waals surface area contributed by atoms with Crippen molar-refractivity contribution in [1.82, 2.24) is 0 Å². The van der Waals surface area contributed by atoms with Gasteiger partial charge in [0, 0.05) is 0 Å². The Bertz CT molecular complexity index is 515. The van der Waals surface area contributed by atoms with E-state index in [9.17, 15) is 0 Å². The lowest BCUT2D eigenvalue weighted by Crippen LogP contribution is -1.66. The molecule has 0 aliphatic rings. The summed E-state index contributed by atoms with van der Waals surface area (Å²) in [5, 5.41) is 0. The van der Waals surface area contributed by atoms with Crippen molar-refractivity contribution in [3.05, 3.63) is 79.3 Å². The molecule has 0 aromatic heterocycles. The van der Waals surface area contributed by atoms with Crippen LogP contribution in [0.3, 0.4) is 0 Å². The van der Waals surface area contributed by atoms with Crippen molar-refractivity contribution in [2.45, 2.75) is 0 Å². The Hall–Kier alpha value is -0.390. The Morgan fingerprint density at radius 3 is 1.68 bits per heavy atom. The second kappa shape index (κ2) is 10.4. The van der Waals surface area contributed by atoms with Gasteiger partial charge in [0.15, 0.2) is 0 Å². The Labute approximate surface area is 145 Å². The number of rotatable bonds is 2. The summed E-state index contributed by atoms with van der Waals surface area (Å²) in [6.45, 7) is 0. The quantitative estimate of drug-likeness (QED) is 0.402. The van der Waals surface area contributed by atoms with Crippen LogP contribution in [0.2, 0.25) is 0 Å². The molecule has 0 bridgehead atoms. The average Bonchev–Trinajstić information content (AvgIpc) is 2.41. The molecule has 0 atom stereocenters. The van der Waals surface area contributed by atoms with Crippen LogP contribution in [0.1, 0.15) is 11.1 Å². The predicted molar refractivity (Wildman–Crippen MR) is 102 cm³/mol. The van der Waals surface area contributed by atoms with Gasteiger partial charge in [-0.2, -0.15) is 0 Å². The smallest absolute Gasteiger partial charge is 0.0610 e. The van der Waals surface area contributed by atoms with Crippen LogP contribution in [-0.2, 0) is 0 Å². The summed E-state index contributed by atoms with van der Waals surface area (Å²) in [7, 11) is 0. The van der Waals surface area contributed by atoms with Gasteiger partial charge >= 0.3 is 0 Å². The van der Waals surface area contributed by atoms with Gasteiger partial charge in [-0.1, -0.05) is 83.3 Å². The molecule has 3 heteroatoms. The van der Waals surface area contributed by atoms with E-state index < -0.39 is 0 Å². The lowest BCUT2D eigenvalue weighted by Gasteiger charge is -1.89. The third-order valence-electron chi connectivity index (χ3n) is 2.13. The zero-order chi connectivity index (χ0) is 13.9. The second-order valence-corrected chi connectivity index (χ2v) is 7.04. The average molecular weight is 492 g/mol. The van der Waals surface area contributed by atoms with Crippen molar-refractivity contribution < 1.29 is 0 Å². The molecule has 0 spiro atoms. The largest absolute Gasteiger partial charge is 0.0622 e. The summed E-state index contributed by atoms with van der Waals surface area (Å²) in [5.74, 6) is 0. The molecule has 0 aliphatic heterocycles. The maximum Gasteiger partial charge on any atom is 0.0610 e. The minimum atomic E-state index is 0.964. The van der Waals surface area contributed by atoms with Crippen molar-refractivity contribution in [2.24, 2.45) is 0 Å².